The van der Waals surface area contributed by atoms with Crippen LogP contribution in [0.25, 0.3) is 0 Å². The third kappa shape index (κ3) is 4.82. The largest absolute Gasteiger partial charge is 0.489 e. The molecule has 1 aromatic rings. The van der Waals surface area contributed by atoms with Crippen LogP contribution in [0.2, 0.25) is 5.02 Å². The van der Waals surface area contributed by atoms with E-state index in [9.17, 15) is 0 Å². The van der Waals surface area contributed by atoms with Crippen molar-refractivity contribution in [1.29, 1.82) is 0 Å². The number of hydrogen-bond donors (Lipinski definition) is 0. The highest BCUT2D eigenvalue weighted by molar-refractivity contribution is 6.32. The van der Waals surface area contributed by atoms with E-state index in [1.54, 1.807) is 18.2 Å². The summed E-state index contributed by atoms with van der Waals surface area (Å²) in [6.07, 6.45) is 6.90. The fourth-order valence-electron chi connectivity index (χ4n) is 1.98. The molecular weight excluding hydrogens is 292 g/mol. The number of terminal acetylenes is 1. The maximum absolute atomic E-state index is 6.14. The number of rotatable bonds is 7. The van der Waals surface area contributed by atoms with E-state index in [0.717, 1.165) is 12.8 Å². The minimum atomic E-state index is -0.112. The molecule has 1 fully saturated rings. The average molecular weight is 311 g/mol. The van der Waals surface area contributed by atoms with Gasteiger partial charge in [0.05, 0.1) is 11.6 Å². The van der Waals surface area contributed by atoms with E-state index in [0.29, 0.717) is 29.7 Å². The van der Waals surface area contributed by atoms with Gasteiger partial charge in [0.1, 0.15) is 30.8 Å². The second kappa shape index (κ2) is 8.14. The second-order valence-electron chi connectivity index (χ2n) is 4.71. The molecule has 0 amide bonds. The topological polar surface area (TPSA) is 36.9 Å². The minimum absolute atomic E-state index is 0.0602. The lowest BCUT2D eigenvalue weighted by Crippen LogP contribution is -2.21. The number of benzene rings is 1. The summed E-state index contributed by atoms with van der Waals surface area (Å²) in [5.74, 6) is 3.61. The van der Waals surface area contributed by atoms with Crippen molar-refractivity contribution in [3.05, 3.63) is 23.2 Å². The molecule has 1 aromatic carbocycles. The van der Waals surface area contributed by atoms with Crippen molar-refractivity contribution in [1.82, 2.24) is 0 Å². The third-order valence-corrected chi connectivity index (χ3v) is 3.28. The van der Waals surface area contributed by atoms with Crippen LogP contribution in [0.4, 0.5) is 0 Å². The molecule has 2 rings (SSSR count). The molecule has 0 aliphatic carbocycles. The van der Waals surface area contributed by atoms with E-state index in [1.807, 2.05) is 0 Å². The summed E-state index contributed by atoms with van der Waals surface area (Å²) in [4.78, 5) is 0. The Kier molecular flexibility index (Phi) is 6.19. The highest BCUT2D eigenvalue weighted by Crippen LogP contribution is 2.29. The Labute approximate surface area is 130 Å². The normalized spacial score (nSPS) is 21.0. The van der Waals surface area contributed by atoms with Crippen molar-refractivity contribution in [3.8, 4) is 23.8 Å². The molecule has 1 saturated heterocycles. The van der Waals surface area contributed by atoms with Gasteiger partial charge in [-0.15, -0.1) is 6.42 Å². The van der Waals surface area contributed by atoms with Crippen LogP contribution in [-0.2, 0) is 9.47 Å². The van der Waals surface area contributed by atoms with Crippen LogP contribution in [-0.4, -0.2) is 32.2 Å². The van der Waals surface area contributed by atoms with Crippen LogP contribution in [0.5, 0.6) is 11.5 Å². The summed E-state index contributed by atoms with van der Waals surface area (Å²) in [7, 11) is 0. The van der Waals surface area contributed by atoms with Crippen molar-refractivity contribution >= 4 is 11.6 Å². The zero-order valence-electron chi connectivity index (χ0n) is 12.0. The Morgan fingerprint density at radius 2 is 2.29 bits per heavy atom. The van der Waals surface area contributed by atoms with E-state index >= 15 is 0 Å². The standard InChI is InChI=1S/C16H19ClO4/c1-3-5-16-20-11-13(21-16)10-19-15-7-6-12(9-14(15)17)18-8-4-2/h2,6-7,9,13,16H,3,5,8,10-11H2,1H3. The SMILES string of the molecule is C#CCOc1ccc(OCC2COC(CCC)O2)c(Cl)c1. The molecule has 2 unspecified atom stereocenters. The van der Waals surface area contributed by atoms with Crippen molar-refractivity contribution in [3.63, 3.8) is 0 Å². The Bertz CT molecular complexity index is 498. The van der Waals surface area contributed by atoms with Gasteiger partial charge in [0.15, 0.2) is 6.29 Å². The lowest BCUT2D eigenvalue weighted by molar-refractivity contribution is -0.0676. The molecule has 0 N–H and O–H groups in total. The second-order valence-corrected chi connectivity index (χ2v) is 5.11. The predicted octanol–water partition coefficient (Wildman–Crippen LogP) is 3.27. The smallest absolute Gasteiger partial charge is 0.158 e. The lowest BCUT2D eigenvalue weighted by Gasteiger charge is -2.13. The zero-order valence-corrected chi connectivity index (χ0v) is 12.8. The first-order valence-corrected chi connectivity index (χ1v) is 7.36. The van der Waals surface area contributed by atoms with Gasteiger partial charge < -0.3 is 18.9 Å². The van der Waals surface area contributed by atoms with Gasteiger partial charge in [0.25, 0.3) is 0 Å². The van der Waals surface area contributed by atoms with Crippen LogP contribution >= 0.6 is 11.6 Å². The highest BCUT2D eigenvalue weighted by atomic mass is 35.5. The number of halogens is 1. The number of hydrogen-bond acceptors (Lipinski definition) is 4. The average Bonchev–Trinajstić information content (AvgIpc) is 2.92. The van der Waals surface area contributed by atoms with E-state index in [2.05, 4.69) is 12.8 Å². The van der Waals surface area contributed by atoms with Gasteiger partial charge in [0.2, 0.25) is 0 Å². The highest BCUT2D eigenvalue weighted by Gasteiger charge is 2.25. The van der Waals surface area contributed by atoms with Gasteiger partial charge in [-0.1, -0.05) is 30.9 Å². The van der Waals surface area contributed by atoms with Crippen molar-refractivity contribution in [2.24, 2.45) is 0 Å². The van der Waals surface area contributed by atoms with Gasteiger partial charge in [0, 0.05) is 6.07 Å². The lowest BCUT2D eigenvalue weighted by atomic mass is 10.3. The summed E-state index contributed by atoms with van der Waals surface area (Å²) in [5.41, 5.74) is 0. The molecule has 5 heteroatoms. The molecule has 21 heavy (non-hydrogen) atoms. The third-order valence-electron chi connectivity index (χ3n) is 2.99. The van der Waals surface area contributed by atoms with Gasteiger partial charge in [-0.3, -0.25) is 0 Å². The van der Waals surface area contributed by atoms with E-state index in [1.165, 1.54) is 0 Å². The molecule has 0 saturated carbocycles. The van der Waals surface area contributed by atoms with Crippen LogP contribution in [0.15, 0.2) is 18.2 Å². The Morgan fingerprint density at radius 3 is 3.00 bits per heavy atom. The summed E-state index contributed by atoms with van der Waals surface area (Å²) < 4.78 is 22.2. The van der Waals surface area contributed by atoms with Crippen LogP contribution in [0.1, 0.15) is 19.8 Å². The maximum atomic E-state index is 6.14. The Morgan fingerprint density at radius 1 is 1.43 bits per heavy atom. The van der Waals surface area contributed by atoms with E-state index in [-0.39, 0.29) is 19.0 Å². The van der Waals surface area contributed by atoms with Crippen molar-refractivity contribution < 1.29 is 18.9 Å². The molecule has 114 valence electrons. The van der Waals surface area contributed by atoms with E-state index < -0.39 is 0 Å². The van der Waals surface area contributed by atoms with Gasteiger partial charge in [-0.25, -0.2) is 0 Å². The van der Waals surface area contributed by atoms with Crippen molar-refractivity contribution in [2.75, 3.05) is 19.8 Å². The number of ether oxygens (including phenoxy) is 4. The Balaban J connectivity index is 1.82. The molecule has 1 aliphatic rings. The summed E-state index contributed by atoms with van der Waals surface area (Å²) in [6.45, 7) is 3.26. The predicted molar refractivity (Wildman–Crippen MR) is 80.8 cm³/mol. The molecule has 0 spiro atoms. The van der Waals surface area contributed by atoms with Gasteiger partial charge in [-0.2, -0.15) is 0 Å². The van der Waals surface area contributed by atoms with Crippen LogP contribution < -0.4 is 9.47 Å². The van der Waals surface area contributed by atoms with Crippen molar-refractivity contribution in [2.45, 2.75) is 32.2 Å². The molecule has 1 heterocycles. The quantitative estimate of drug-likeness (QED) is 0.724. The first kappa shape index (κ1) is 16.0. The molecular formula is C16H19ClO4. The molecule has 0 radical (unpaired) electrons. The van der Waals surface area contributed by atoms with Crippen LogP contribution in [0.3, 0.4) is 0 Å². The van der Waals surface area contributed by atoms with Gasteiger partial charge >= 0.3 is 0 Å². The zero-order chi connectivity index (χ0) is 15.1. The summed E-state index contributed by atoms with van der Waals surface area (Å²) in [6, 6.07) is 5.21. The fraction of sp³-hybridized carbons (Fsp3) is 0.500. The minimum Gasteiger partial charge on any atom is -0.489 e. The first-order chi connectivity index (χ1) is 10.2. The Hall–Kier alpha value is -1.41. The molecule has 2 atom stereocenters. The van der Waals surface area contributed by atoms with Crippen LogP contribution in [0, 0.1) is 12.3 Å². The monoisotopic (exact) mass is 310 g/mol. The van der Waals surface area contributed by atoms with E-state index in [4.69, 9.17) is 37.0 Å². The molecule has 1 aliphatic heterocycles. The molecule has 4 nitrogen and oxygen atoms in total. The molecule has 0 bridgehead atoms. The summed E-state index contributed by atoms with van der Waals surface area (Å²) >= 11 is 6.14. The maximum Gasteiger partial charge on any atom is 0.158 e. The van der Waals surface area contributed by atoms with Gasteiger partial charge in [-0.05, 0) is 18.6 Å². The molecule has 0 aromatic heterocycles. The first-order valence-electron chi connectivity index (χ1n) is 6.98. The fourth-order valence-corrected chi connectivity index (χ4v) is 2.20. The summed E-state index contributed by atoms with van der Waals surface area (Å²) in [5, 5.41) is 0.480.